The van der Waals surface area contributed by atoms with E-state index in [9.17, 15) is 8.78 Å². The van der Waals surface area contributed by atoms with E-state index >= 15 is 0 Å². The van der Waals surface area contributed by atoms with Crippen LogP contribution >= 0.6 is 0 Å². The van der Waals surface area contributed by atoms with Crippen LogP contribution in [0.5, 0.6) is 0 Å². The van der Waals surface area contributed by atoms with Crippen LogP contribution in [0.3, 0.4) is 0 Å². The zero-order chi connectivity index (χ0) is 8.72. The van der Waals surface area contributed by atoms with E-state index in [0.29, 0.717) is 11.1 Å². The van der Waals surface area contributed by atoms with Crippen LogP contribution in [0.25, 0.3) is 0 Å². The Morgan fingerprint density at radius 3 is 2.75 bits per heavy atom. The molecule has 0 saturated heterocycles. The summed E-state index contributed by atoms with van der Waals surface area (Å²) in [6.07, 6.45) is -0.616. The van der Waals surface area contributed by atoms with Crippen molar-refractivity contribution in [3.05, 3.63) is 34.9 Å². The molecule has 1 aliphatic rings. The molecule has 0 aromatic heterocycles. The van der Waals surface area contributed by atoms with Crippen molar-refractivity contribution < 1.29 is 13.5 Å². The van der Waals surface area contributed by atoms with Gasteiger partial charge in [0.25, 0.3) is 0 Å². The van der Waals surface area contributed by atoms with Gasteiger partial charge in [-0.25, -0.2) is 8.78 Å². The van der Waals surface area contributed by atoms with Crippen LogP contribution in [0.4, 0.5) is 8.78 Å². The number of fused-ring (bicyclic) bond motifs is 1. The Morgan fingerprint density at radius 2 is 2.00 bits per heavy atom. The Morgan fingerprint density at radius 1 is 1.33 bits per heavy atom. The molecule has 2 N–H and O–H groups in total. The molecule has 4 heteroatoms. The monoisotopic (exact) mass is 171 g/mol. The normalized spacial score (nSPS) is 21.1. The quantitative estimate of drug-likeness (QED) is 0.641. The molecule has 1 aromatic carbocycles. The predicted molar refractivity (Wildman–Crippen MR) is 38.1 cm³/mol. The third kappa shape index (κ3) is 1.00. The van der Waals surface area contributed by atoms with Crippen LogP contribution in [0.1, 0.15) is 17.4 Å². The number of hydrogen-bond donors (Lipinski definition) is 1. The van der Waals surface area contributed by atoms with E-state index in [2.05, 4.69) is 0 Å². The number of nitrogens with two attached hydrogens (primary N) is 1. The third-order valence-corrected chi connectivity index (χ3v) is 1.91. The highest BCUT2D eigenvalue weighted by Gasteiger charge is 2.21. The Labute approximate surface area is 67.9 Å². The molecule has 64 valence electrons. The molecule has 2 rings (SSSR count). The molecule has 0 bridgehead atoms. The summed E-state index contributed by atoms with van der Waals surface area (Å²) in [5.41, 5.74) is 6.62. The lowest BCUT2D eigenvalue weighted by atomic mass is 10.1. The first-order valence-electron chi connectivity index (χ1n) is 3.53. The molecule has 0 amide bonds. The van der Waals surface area contributed by atoms with E-state index in [4.69, 9.17) is 10.5 Å². The van der Waals surface area contributed by atoms with Crippen molar-refractivity contribution in [1.29, 1.82) is 0 Å². The minimum Gasteiger partial charge on any atom is -0.355 e. The Bertz CT molecular complexity index is 327. The maximum atomic E-state index is 12.7. The molecule has 0 saturated carbocycles. The van der Waals surface area contributed by atoms with Gasteiger partial charge in [-0.2, -0.15) is 0 Å². The average molecular weight is 171 g/mol. The number of hydrogen-bond acceptors (Lipinski definition) is 2. The van der Waals surface area contributed by atoms with E-state index in [1.165, 1.54) is 0 Å². The third-order valence-electron chi connectivity index (χ3n) is 1.91. The number of benzene rings is 1. The molecule has 12 heavy (non-hydrogen) atoms. The summed E-state index contributed by atoms with van der Waals surface area (Å²) in [5, 5.41) is 0. The first kappa shape index (κ1) is 7.64. The van der Waals surface area contributed by atoms with E-state index in [-0.39, 0.29) is 6.61 Å². The molecular weight excluding hydrogens is 164 g/mol. The molecule has 1 aliphatic heterocycles. The summed E-state index contributed by atoms with van der Waals surface area (Å²) < 4.78 is 30.3. The highest BCUT2D eigenvalue weighted by molar-refractivity contribution is 5.32. The molecular formula is C8H7F2NO. The van der Waals surface area contributed by atoms with Gasteiger partial charge in [0, 0.05) is 5.56 Å². The van der Waals surface area contributed by atoms with E-state index in [0.717, 1.165) is 12.1 Å². The number of rotatable bonds is 0. The molecule has 0 fully saturated rings. The molecule has 0 spiro atoms. The first-order valence-corrected chi connectivity index (χ1v) is 3.53. The molecule has 1 atom stereocenters. The first-order chi connectivity index (χ1) is 5.68. The van der Waals surface area contributed by atoms with Gasteiger partial charge in [0.1, 0.15) is 6.23 Å². The van der Waals surface area contributed by atoms with Gasteiger partial charge in [-0.3, -0.25) is 0 Å². The Balaban J connectivity index is 2.56. The molecule has 0 aliphatic carbocycles. The highest BCUT2D eigenvalue weighted by atomic mass is 19.2. The fourth-order valence-electron chi connectivity index (χ4n) is 1.26. The van der Waals surface area contributed by atoms with Gasteiger partial charge < -0.3 is 10.5 Å². The minimum absolute atomic E-state index is 0.258. The predicted octanol–water partition coefficient (Wildman–Crippen LogP) is 1.45. The largest absolute Gasteiger partial charge is 0.355 e. The van der Waals surface area contributed by atoms with Gasteiger partial charge in [0.15, 0.2) is 11.6 Å². The van der Waals surface area contributed by atoms with E-state index in [1.807, 2.05) is 0 Å². The van der Waals surface area contributed by atoms with E-state index < -0.39 is 17.9 Å². The fraction of sp³-hybridized carbons (Fsp3) is 0.250. The van der Waals surface area contributed by atoms with Crippen LogP contribution in [0.2, 0.25) is 0 Å². The molecule has 1 aromatic rings. The van der Waals surface area contributed by atoms with Crippen molar-refractivity contribution >= 4 is 0 Å². The highest BCUT2D eigenvalue weighted by Crippen LogP contribution is 2.28. The van der Waals surface area contributed by atoms with Crippen LogP contribution < -0.4 is 5.73 Å². The van der Waals surface area contributed by atoms with Crippen molar-refractivity contribution in [3.8, 4) is 0 Å². The van der Waals surface area contributed by atoms with Crippen LogP contribution in [0.15, 0.2) is 12.1 Å². The van der Waals surface area contributed by atoms with E-state index in [1.54, 1.807) is 0 Å². The second-order valence-corrected chi connectivity index (χ2v) is 2.70. The fourth-order valence-corrected chi connectivity index (χ4v) is 1.26. The van der Waals surface area contributed by atoms with Crippen LogP contribution in [0, 0.1) is 11.6 Å². The van der Waals surface area contributed by atoms with Gasteiger partial charge in [0.2, 0.25) is 0 Å². The van der Waals surface area contributed by atoms with Crippen LogP contribution in [-0.4, -0.2) is 0 Å². The van der Waals surface area contributed by atoms with Gasteiger partial charge in [0.05, 0.1) is 6.61 Å². The zero-order valence-electron chi connectivity index (χ0n) is 6.18. The second-order valence-electron chi connectivity index (χ2n) is 2.70. The summed E-state index contributed by atoms with van der Waals surface area (Å²) in [6, 6.07) is 2.21. The lowest BCUT2D eigenvalue weighted by Gasteiger charge is -2.02. The second kappa shape index (κ2) is 2.50. The Hall–Kier alpha value is -1.00. The van der Waals surface area contributed by atoms with Crippen molar-refractivity contribution in [3.63, 3.8) is 0 Å². The lowest BCUT2D eigenvalue weighted by Crippen LogP contribution is -2.07. The summed E-state index contributed by atoms with van der Waals surface area (Å²) in [5.74, 6) is -1.74. The SMILES string of the molecule is NC1OCc2cc(F)c(F)cc21. The lowest BCUT2D eigenvalue weighted by molar-refractivity contribution is 0.0709. The maximum absolute atomic E-state index is 12.7. The molecule has 1 unspecified atom stereocenters. The maximum Gasteiger partial charge on any atom is 0.159 e. The number of ether oxygens (including phenoxy) is 1. The van der Waals surface area contributed by atoms with Crippen molar-refractivity contribution in [2.24, 2.45) is 5.73 Å². The minimum atomic E-state index is -0.880. The molecule has 0 radical (unpaired) electrons. The van der Waals surface area contributed by atoms with Crippen molar-refractivity contribution in [2.75, 3.05) is 0 Å². The smallest absolute Gasteiger partial charge is 0.159 e. The topological polar surface area (TPSA) is 35.2 Å². The van der Waals surface area contributed by atoms with Crippen molar-refractivity contribution in [2.45, 2.75) is 12.8 Å². The van der Waals surface area contributed by atoms with Gasteiger partial charge in [-0.05, 0) is 17.7 Å². The van der Waals surface area contributed by atoms with Gasteiger partial charge in [-0.1, -0.05) is 0 Å². The summed E-state index contributed by atoms with van der Waals surface area (Å²) in [6.45, 7) is 0.258. The zero-order valence-corrected chi connectivity index (χ0v) is 6.18. The summed E-state index contributed by atoms with van der Waals surface area (Å²) in [7, 11) is 0. The van der Waals surface area contributed by atoms with Crippen LogP contribution in [-0.2, 0) is 11.3 Å². The standard InChI is InChI=1S/C8H7F2NO/c9-6-1-4-3-12-8(11)5(4)2-7(6)10/h1-2,8H,3,11H2. The van der Waals surface area contributed by atoms with Gasteiger partial charge in [-0.15, -0.1) is 0 Å². The molecule has 1 heterocycles. The van der Waals surface area contributed by atoms with Crippen molar-refractivity contribution in [1.82, 2.24) is 0 Å². The van der Waals surface area contributed by atoms with Gasteiger partial charge >= 0.3 is 0 Å². The summed E-state index contributed by atoms with van der Waals surface area (Å²) in [4.78, 5) is 0. The Kier molecular flexibility index (Phi) is 1.59. The average Bonchev–Trinajstić information content (AvgIpc) is 2.35. The number of halogens is 2. The summed E-state index contributed by atoms with van der Waals surface area (Å²) >= 11 is 0. The molecule has 2 nitrogen and oxygen atoms in total.